The number of pyridine rings is 1. The summed E-state index contributed by atoms with van der Waals surface area (Å²) >= 11 is 0. The normalized spacial score (nSPS) is 12.4. The lowest BCUT2D eigenvalue weighted by Gasteiger charge is -2.23. The quantitative estimate of drug-likeness (QED) is 0.567. The third-order valence-corrected chi connectivity index (χ3v) is 4.35. The number of aromatic nitrogens is 1. The summed E-state index contributed by atoms with van der Waals surface area (Å²) in [7, 11) is 1.62. The molecule has 1 atom stereocenters. The van der Waals surface area contributed by atoms with Crippen LogP contribution in [0.5, 0.6) is 5.75 Å². The molecule has 0 saturated carbocycles. The second kappa shape index (κ2) is 9.47. The van der Waals surface area contributed by atoms with E-state index < -0.39 is 18.1 Å². The van der Waals surface area contributed by atoms with Gasteiger partial charge in [0.2, 0.25) is 5.56 Å². The molecule has 0 bridgehead atoms. The Bertz CT molecular complexity index is 970. The topological polar surface area (TPSA) is 96.2 Å². The number of aryl methyl sites for hydroxylation is 1. The number of alkyl halides is 3. The Hall–Kier alpha value is -3.30. The van der Waals surface area contributed by atoms with Crippen LogP contribution in [0.25, 0.3) is 0 Å². The first-order valence-corrected chi connectivity index (χ1v) is 9.10. The largest absolute Gasteiger partial charge is 0.491 e. The van der Waals surface area contributed by atoms with Gasteiger partial charge in [0, 0.05) is 36.8 Å². The highest BCUT2D eigenvalue weighted by Gasteiger charge is 2.40. The van der Waals surface area contributed by atoms with Crippen LogP contribution >= 0.6 is 0 Å². The van der Waals surface area contributed by atoms with Crippen molar-refractivity contribution in [2.75, 3.05) is 11.9 Å². The van der Waals surface area contributed by atoms with Gasteiger partial charge in [-0.1, -0.05) is 13.8 Å². The predicted molar refractivity (Wildman–Crippen MR) is 108 cm³/mol. The molecular formula is C20H23F3N4O3. The van der Waals surface area contributed by atoms with E-state index in [1.54, 1.807) is 51.4 Å². The van der Waals surface area contributed by atoms with Crippen LogP contribution in [0, 0.1) is 11.3 Å². The van der Waals surface area contributed by atoms with Crippen LogP contribution in [-0.4, -0.2) is 35.5 Å². The fraction of sp³-hybridized carbons (Fsp3) is 0.350. The number of carbonyl (C=O) groups excluding carboxylic acids is 1. The summed E-state index contributed by atoms with van der Waals surface area (Å²) in [5.74, 6) is -1.96. The zero-order valence-electron chi connectivity index (χ0n) is 16.7. The van der Waals surface area contributed by atoms with Gasteiger partial charge in [-0.2, -0.15) is 13.2 Å². The minimum absolute atomic E-state index is 0.158. The second-order valence-corrected chi connectivity index (χ2v) is 7.02. The molecule has 2 rings (SSSR count). The first-order valence-electron chi connectivity index (χ1n) is 9.10. The van der Waals surface area contributed by atoms with E-state index >= 15 is 0 Å². The summed E-state index contributed by atoms with van der Waals surface area (Å²) in [6.45, 7) is 3.19. The van der Waals surface area contributed by atoms with Crippen LogP contribution in [0.2, 0.25) is 0 Å². The first kappa shape index (κ1) is 23.0. The van der Waals surface area contributed by atoms with E-state index in [4.69, 9.17) is 10.1 Å². The van der Waals surface area contributed by atoms with Gasteiger partial charge in [-0.05, 0) is 30.2 Å². The van der Waals surface area contributed by atoms with Crippen LogP contribution in [-0.2, 0) is 11.8 Å². The number of nitrogens with one attached hydrogen (secondary N) is 3. The molecule has 0 spiro atoms. The molecular weight excluding hydrogens is 401 g/mol. The minimum atomic E-state index is -4.96. The number of amides is 1. The highest BCUT2D eigenvalue weighted by atomic mass is 19.4. The Kier molecular flexibility index (Phi) is 7.25. The van der Waals surface area contributed by atoms with Crippen LogP contribution in [0.3, 0.4) is 0 Å². The molecule has 1 heterocycles. The third-order valence-electron chi connectivity index (χ3n) is 4.35. The molecule has 0 aliphatic rings. The van der Waals surface area contributed by atoms with Gasteiger partial charge in [-0.25, -0.2) is 0 Å². The molecule has 0 fully saturated rings. The Balaban J connectivity index is 2.11. The Morgan fingerprint density at radius 2 is 1.97 bits per heavy atom. The van der Waals surface area contributed by atoms with Gasteiger partial charge in [0.05, 0.1) is 11.7 Å². The predicted octanol–water partition coefficient (Wildman–Crippen LogP) is 3.21. The highest BCUT2D eigenvalue weighted by Crippen LogP contribution is 2.24. The van der Waals surface area contributed by atoms with Gasteiger partial charge < -0.3 is 25.3 Å². The summed E-state index contributed by atoms with van der Waals surface area (Å²) in [6.07, 6.45) is -2.26. The van der Waals surface area contributed by atoms with Crippen LogP contribution in [0.15, 0.2) is 41.3 Å². The zero-order valence-corrected chi connectivity index (χ0v) is 16.7. The Labute approximate surface area is 171 Å². The van der Waals surface area contributed by atoms with E-state index in [2.05, 4.69) is 5.32 Å². The number of nitrogens with zero attached hydrogens (tertiary/aromatic N) is 1. The second-order valence-electron chi connectivity index (χ2n) is 7.02. The fourth-order valence-corrected chi connectivity index (χ4v) is 2.52. The number of hydrogen-bond acceptors (Lipinski definition) is 5. The highest BCUT2D eigenvalue weighted by molar-refractivity contribution is 5.88. The van der Waals surface area contributed by atoms with Crippen molar-refractivity contribution in [1.82, 2.24) is 9.88 Å². The van der Waals surface area contributed by atoms with Crippen LogP contribution in [0.4, 0.5) is 24.5 Å². The number of rotatable bonds is 8. The zero-order chi connectivity index (χ0) is 22.5. The number of carbonyl (C=O) groups is 1. The van der Waals surface area contributed by atoms with Crippen LogP contribution in [0.1, 0.15) is 19.4 Å². The maximum atomic E-state index is 12.5. The SMILES string of the molecule is CC(C)[C@@H](COc1ccc(Nc2ccc(=O)n(C)c2)c(C=N)c1)NC(=O)C(F)(F)F. The van der Waals surface area contributed by atoms with Crippen molar-refractivity contribution in [3.05, 3.63) is 52.4 Å². The lowest BCUT2D eigenvalue weighted by molar-refractivity contribution is -0.174. The lowest BCUT2D eigenvalue weighted by Crippen LogP contribution is -2.48. The molecule has 0 unspecified atom stereocenters. The molecule has 10 heteroatoms. The monoisotopic (exact) mass is 424 g/mol. The number of anilines is 2. The molecule has 1 amide bonds. The van der Waals surface area contributed by atoms with E-state index in [0.717, 1.165) is 6.21 Å². The van der Waals surface area contributed by atoms with Gasteiger partial charge in [-0.15, -0.1) is 0 Å². The average Bonchev–Trinajstić information content (AvgIpc) is 2.67. The van der Waals surface area contributed by atoms with Gasteiger partial charge >= 0.3 is 12.1 Å². The van der Waals surface area contributed by atoms with Crippen molar-refractivity contribution >= 4 is 23.5 Å². The lowest BCUT2D eigenvalue weighted by atomic mass is 10.1. The summed E-state index contributed by atoms with van der Waals surface area (Å²) in [5, 5.41) is 12.6. The van der Waals surface area contributed by atoms with Crippen molar-refractivity contribution in [2.45, 2.75) is 26.1 Å². The third kappa shape index (κ3) is 6.10. The average molecular weight is 424 g/mol. The molecule has 0 aliphatic heterocycles. The van der Waals surface area contributed by atoms with Gasteiger partial charge in [0.25, 0.3) is 0 Å². The molecule has 1 aromatic heterocycles. The maximum absolute atomic E-state index is 12.5. The molecule has 3 N–H and O–H groups in total. The molecule has 7 nitrogen and oxygen atoms in total. The Morgan fingerprint density at radius 3 is 2.53 bits per heavy atom. The molecule has 1 aromatic carbocycles. The summed E-state index contributed by atoms with van der Waals surface area (Å²) in [6, 6.07) is 6.98. The molecule has 0 radical (unpaired) electrons. The van der Waals surface area contributed by atoms with Gasteiger partial charge in [-0.3, -0.25) is 9.59 Å². The van der Waals surface area contributed by atoms with E-state index in [1.807, 2.05) is 5.32 Å². The minimum Gasteiger partial charge on any atom is -0.491 e. The van der Waals surface area contributed by atoms with Crippen molar-refractivity contribution < 1.29 is 22.7 Å². The van der Waals surface area contributed by atoms with Crippen molar-refractivity contribution in [2.24, 2.45) is 13.0 Å². The molecule has 2 aromatic rings. The number of halogens is 3. The molecule has 0 aliphatic carbocycles. The molecule has 0 saturated heterocycles. The van der Waals surface area contributed by atoms with E-state index in [0.29, 0.717) is 22.7 Å². The fourth-order valence-electron chi connectivity index (χ4n) is 2.52. The van der Waals surface area contributed by atoms with Crippen LogP contribution < -0.4 is 20.9 Å². The van der Waals surface area contributed by atoms with Gasteiger partial charge in [0.1, 0.15) is 12.4 Å². The molecule has 162 valence electrons. The Morgan fingerprint density at radius 1 is 1.27 bits per heavy atom. The standard InChI is InChI=1S/C20H23F3N4O3/c1-12(2)17(26-19(29)20(21,22)23)11-30-15-5-6-16(13(8-15)9-24)25-14-4-7-18(28)27(3)10-14/h4-10,12,17,24-25H,11H2,1-3H3,(H,26,29)/t17-/m1/s1. The van der Waals surface area contributed by atoms with E-state index in [9.17, 15) is 22.8 Å². The summed E-state index contributed by atoms with van der Waals surface area (Å²) in [5.41, 5.74) is 1.54. The van der Waals surface area contributed by atoms with Gasteiger partial charge in [0.15, 0.2) is 0 Å². The maximum Gasteiger partial charge on any atom is 0.471 e. The summed E-state index contributed by atoms with van der Waals surface area (Å²) < 4.78 is 44.5. The number of ether oxygens (including phenoxy) is 1. The van der Waals surface area contributed by atoms with Crippen molar-refractivity contribution in [3.8, 4) is 5.75 Å². The van der Waals surface area contributed by atoms with E-state index in [1.165, 1.54) is 10.6 Å². The number of benzene rings is 1. The van der Waals surface area contributed by atoms with E-state index in [-0.39, 0.29) is 18.1 Å². The first-order chi connectivity index (χ1) is 14.0. The summed E-state index contributed by atoms with van der Waals surface area (Å²) in [4.78, 5) is 22.7. The van der Waals surface area contributed by atoms with Crippen molar-refractivity contribution in [3.63, 3.8) is 0 Å². The smallest absolute Gasteiger partial charge is 0.471 e. The molecule has 30 heavy (non-hydrogen) atoms. The number of hydrogen-bond donors (Lipinski definition) is 3. The van der Waals surface area contributed by atoms with Crippen molar-refractivity contribution in [1.29, 1.82) is 5.41 Å².